The molecule has 0 spiro atoms. The average Bonchev–Trinajstić information content (AvgIpc) is 3.15. The predicted octanol–water partition coefficient (Wildman–Crippen LogP) is 0.972. The van der Waals surface area contributed by atoms with E-state index in [-0.39, 0.29) is 5.91 Å². The Labute approximate surface area is 140 Å². The van der Waals surface area contributed by atoms with Crippen LogP contribution in [0, 0.1) is 6.92 Å². The maximum absolute atomic E-state index is 12.9. The highest BCUT2D eigenvalue weighted by atomic mass is 16.6. The molecule has 0 saturated heterocycles. The molecule has 0 fully saturated rings. The number of aromatic nitrogens is 2. The molecule has 2 aromatic rings. The van der Waals surface area contributed by atoms with E-state index in [0.29, 0.717) is 24.7 Å². The first-order valence-electron chi connectivity index (χ1n) is 7.97. The second kappa shape index (κ2) is 6.60. The molecule has 0 saturated carbocycles. The highest BCUT2D eigenvalue weighted by Gasteiger charge is 2.45. The van der Waals surface area contributed by atoms with Crippen molar-refractivity contribution in [1.29, 1.82) is 0 Å². The van der Waals surface area contributed by atoms with Gasteiger partial charge in [-0.25, -0.2) is 4.63 Å². The molecule has 0 radical (unpaired) electrons. The van der Waals surface area contributed by atoms with Crippen LogP contribution in [0.4, 0.5) is 0 Å². The SMILES string of the molecule is Cc1nonc1OCCNC(=O)C1(N(C)C)Cc2ccccc2C1. The van der Waals surface area contributed by atoms with Gasteiger partial charge in [0.1, 0.15) is 17.8 Å². The molecule has 0 aliphatic heterocycles. The minimum absolute atomic E-state index is 0.0160. The summed E-state index contributed by atoms with van der Waals surface area (Å²) in [5.41, 5.74) is 2.52. The molecule has 24 heavy (non-hydrogen) atoms. The van der Waals surface area contributed by atoms with Crippen molar-refractivity contribution in [1.82, 2.24) is 20.5 Å². The number of carbonyl (C=O) groups is 1. The fourth-order valence-electron chi connectivity index (χ4n) is 3.11. The third-order valence-electron chi connectivity index (χ3n) is 4.60. The summed E-state index contributed by atoms with van der Waals surface area (Å²) in [5, 5.41) is 10.3. The summed E-state index contributed by atoms with van der Waals surface area (Å²) >= 11 is 0. The van der Waals surface area contributed by atoms with Crippen molar-refractivity contribution in [3.05, 3.63) is 41.1 Å². The Kier molecular flexibility index (Phi) is 4.53. The normalized spacial score (nSPS) is 15.3. The number of aryl methyl sites for hydroxylation is 1. The zero-order valence-electron chi connectivity index (χ0n) is 14.2. The number of nitrogens with one attached hydrogen (secondary N) is 1. The van der Waals surface area contributed by atoms with Gasteiger partial charge < -0.3 is 10.1 Å². The van der Waals surface area contributed by atoms with Crippen LogP contribution in [0.15, 0.2) is 28.9 Å². The van der Waals surface area contributed by atoms with Crippen LogP contribution in [-0.2, 0) is 17.6 Å². The zero-order valence-corrected chi connectivity index (χ0v) is 14.2. The Balaban J connectivity index is 1.59. The molecular weight excluding hydrogens is 308 g/mol. The maximum Gasteiger partial charge on any atom is 0.278 e. The number of hydrogen-bond acceptors (Lipinski definition) is 6. The number of nitrogens with zero attached hydrogens (tertiary/aromatic N) is 3. The number of hydrogen-bond donors (Lipinski definition) is 1. The summed E-state index contributed by atoms with van der Waals surface area (Å²) < 4.78 is 10.0. The van der Waals surface area contributed by atoms with Crippen LogP contribution in [0.3, 0.4) is 0 Å². The van der Waals surface area contributed by atoms with E-state index in [1.165, 1.54) is 11.1 Å². The van der Waals surface area contributed by atoms with E-state index in [4.69, 9.17) is 4.74 Å². The highest BCUT2D eigenvalue weighted by Crippen LogP contribution is 2.33. The molecule has 1 amide bonds. The number of benzene rings is 1. The summed E-state index contributed by atoms with van der Waals surface area (Å²) in [6.45, 7) is 2.47. The summed E-state index contributed by atoms with van der Waals surface area (Å²) in [6, 6.07) is 8.23. The Morgan fingerprint density at radius 3 is 2.50 bits per heavy atom. The summed E-state index contributed by atoms with van der Waals surface area (Å²) in [7, 11) is 3.90. The molecule has 1 aliphatic rings. The molecule has 1 heterocycles. The second-order valence-corrected chi connectivity index (χ2v) is 6.31. The van der Waals surface area contributed by atoms with Crippen LogP contribution in [0.2, 0.25) is 0 Å². The third-order valence-corrected chi connectivity index (χ3v) is 4.60. The molecule has 1 aliphatic carbocycles. The van der Waals surface area contributed by atoms with Gasteiger partial charge >= 0.3 is 0 Å². The molecule has 0 unspecified atom stereocenters. The number of fused-ring (bicyclic) bond motifs is 1. The number of rotatable bonds is 6. The summed E-state index contributed by atoms with van der Waals surface area (Å²) in [5.74, 6) is 0.377. The second-order valence-electron chi connectivity index (χ2n) is 6.31. The van der Waals surface area contributed by atoms with Gasteiger partial charge in [-0.3, -0.25) is 9.69 Å². The first-order valence-corrected chi connectivity index (χ1v) is 7.97. The lowest BCUT2D eigenvalue weighted by Crippen LogP contribution is -2.57. The summed E-state index contributed by atoms with van der Waals surface area (Å²) in [4.78, 5) is 14.9. The van der Waals surface area contributed by atoms with Crippen LogP contribution in [0.5, 0.6) is 5.88 Å². The lowest BCUT2D eigenvalue weighted by Gasteiger charge is -2.34. The van der Waals surface area contributed by atoms with Gasteiger partial charge in [0.15, 0.2) is 0 Å². The van der Waals surface area contributed by atoms with Gasteiger partial charge in [-0.2, -0.15) is 0 Å². The van der Waals surface area contributed by atoms with Gasteiger partial charge in [0.2, 0.25) is 5.91 Å². The van der Waals surface area contributed by atoms with Gasteiger partial charge in [0.25, 0.3) is 5.88 Å². The standard InChI is InChI=1S/C17H22N4O3/c1-12-15(20-24-19-12)23-9-8-18-16(22)17(21(2)3)10-13-6-4-5-7-14(13)11-17/h4-7H,8-11H2,1-3H3,(H,18,22). The van der Waals surface area contributed by atoms with Crippen molar-refractivity contribution >= 4 is 5.91 Å². The zero-order chi connectivity index (χ0) is 17.2. The van der Waals surface area contributed by atoms with E-state index >= 15 is 0 Å². The van der Waals surface area contributed by atoms with Crippen molar-refractivity contribution in [2.75, 3.05) is 27.2 Å². The van der Waals surface area contributed by atoms with E-state index < -0.39 is 5.54 Å². The number of ether oxygens (including phenoxy) is 1. The number of likely N-dealkylation sites (N-methyl/N-ethyl adjacent to an activating group) is 1. The molecule has 3 rings (SSSR count). The first-order chi connectivity index (χ1) is 11.5. The van der Waals surface area contributed by atoms with Crippen LogP contribution >= 0.6 is 0 Å². The Morgan fingerprint density at radius 1 is 1.29 bits per heavy atom. The minimum atomic E-state index is -0.547. The van der Waals surface area contributed by atoms with Gasteiger partial charge in [0.05, 0.1) is 6.54 Å². The quantitative estimate of drug-likeness (QED) is 0.795. The summed E-state index contributed by atoms with van der Waals surface area (Å²) in [6.07, 6.45) is 1.43. The van der Waals surface area contributed by atoms with Gasteiger partial charge in [-0.15, -0.1) is 0 Å². The van der Waals surface area contributed by atoms with E-state index in [2.05, 4.69) is 32.4 Å². The Hall–Kier alpha value is -2.41. The first kappa shape index (κ1) is 16.4. The Morgan fingerprint density at radius 2 is 1.96 bits per heavy atom. The van der Waals surface area contributed by atoms with Crippen molar-refractivity contribution in [2.45, 2.75) is 25.3 Å². The number of carbonyl (C=O) groups excluding carboxylic acids is 1. The largest absolute Gasteiger partial charge is 0.472 e. The molecule has 0 bridgehead atoms. The molecule has 7 nitrogen and oxygen atoms in total. The van der Waals surface area contributed by atoms with Crippen molar-refractivity contribution < 1.29 is 14.2 Å². The lowest BCUT2D eigenvalue weighted by molar-refractivity contribution is -0.131. The average molecular weight is 330 g/mol. The Bertz CT molecular complexity index is 701. The molecule has 1 N–H and O–H groups in total. The van der Waals surface area contributed by atoms with Crippen molar-refractivity contribution in [3.63, 3.8) is 0 Å². The molecule has 128 valence electrons. The van der Waals surface area contributed by atoms with Gasteiger partial charge in [-0.1, -0.05) is 29.4 Å². The minimum Gasteiger partial charge on any atom is -0.472 e. The molecule has 1 aromatic heterocycles. The van der Waals surface area contributed by atoms with Gasteiger partial charge in [-0.05, 0) is 37.3 Å². The smallest absolute Gasteiger partial charge is 0.278 e. The fraction of sp³-hybridized carbons (Fsp3) is 0.471. The van der Waals surface area contributed by atoms with Crippen LogP contribution in [0.25, 0.3) is 0 Å². The topological polar surface area (TPSA) is 80.5 Å². The van der Waals surface area contributed by atoms with E-state index in [9.17, 15) is 4.79 Å². The number of amides is 1. The lowest BCUT2D eigenvalue weighted by atomic mass is 9.93. The van der Waals surface area contributed by atoms with E-state index in [1.54, 1.807) is 6.92 Å². The molecule has 1 aromatic carbocycles. The van der Waals surface area contributed by atoms with E-state index in [0.717, 1.165) is 12.8 Å². The van der Waals surface area contributed by atoms with Crippen molar-refractivity contribution in [3.8, 4) is 5.88 Å². The monoisotopic (exact) mass is 330 g/mol. The molecule has 0 atom stereocenters. The van der Waals surface area contributed by atoms with Gasteiger partial charge in [0, 0.05) is 12.8 Å². The maximum atomic E-state index is 12.9. The predicted molar refractivity (Wildman–Crippen MR) is 87.8 cm³/mol. The van der Waals surface area contributed by atoms with Crippen molar-refractivity contribution in [2.24, 2.45) is 0 Å². The fourth-order valence-corrected chi connectivity index (χ4v) is 3.11. The van der Waals surface area contributed by atoms with E-state index in [1.807, 2.05) is 31.1 Å². The van der Waals surface area contributed by atoms with Crippen LogP contribution < -0.4 is 10.1 Å². The molecule has 7 heteroatoms. The van der Waals surface area contributed by atoms with Crippen LogP contribution in [0.1, 0.15) is 16.8 Å². The van der Waals surface area contributed by atoms with Crippen LogP contribution in [-0.4, -0.2) is 53.9 Å². The molecular formula is C17H22N4O3. The highest BCUT2D eigenvalue weighted by molar-refractivity contribution is 5.88. The third kappa shape index (κ3) is 2.99.